The summed E-state index contributed by atoms with van der Waals surface area (Å²) in [6.07, 6.45) is 1.92. The van der Waals surface area contributed by atoms with Crippen molar-refractivity contribution < 1.29 is 14.4 Å². The number of rotatable bonds is 3. The van der Waals surface area contributed by atoms with Crippen LogP contribution in [0.1, 0.15) is 32.3 Å². The van der Waals surface area contributed by atoms with Gasteiger partial charge in [0.2, 0.25) is 5.91 Å². The predicted molar refractivity (Wildman–Crippen MR) is 96.7 cm³/mol. The topological polar surface area (TPSA) is 69.7 Å². The van der Waals surface area contributed by atoms with Gasteiger partial charge in [0.1, 0.15) is 12.1 Å². The van der Waals surface area contributed by atoms with E-state index in [1.54, 1.807) is 24.0 Å². The van der Waals surface area contributed by atoms with Crippen LogP contribution in [0.3, 0.4) is 0 Å². The summed E-state index contributed by atoms with van der Waals surface area (Å²) in [5.74, 6) is 0.0514. The van der Waals surface area contributed by atoms with Crippen molar-refractivity contribution in [3.8, 4) is 0 Å². The summed E-state index contributed by atoms with van der Waals surface area (Å²) >= 11 is 3.36. The van der Waals surface area contributed by atoms with Crippen molar-refractivity contribution in [3.63, 3.8) is 0 Å². The lowest BCUT2D eigenvalue weighted by Gasteiger charge is -2.31. The van der Waals surface area contributed by atoms with E-state index in [0.29, 0.717) is 24.6 Å². The van der Waals surface area contributed by atoms with Gasteiger partial charge in [-0.3, -0.25) is 14.5 Å². The monoisotopic (exact) mass is 407 g/mol. The van der Waals surface area contributed by atoms with Crippen LogP contribution in [0.5, 0.6) is 0 Å². The number of urea groups is 1. The second kappa shape index (κ2) is 6.78. The third-order valence-electron chi connectivity index (χ3n) is 5.13. The number of amides is 4. The van der Waals surface area contributed by atoms with E-state index in [-0.39, 0.29) is 12.5 Å². The molecule has 0 radical (unpaired) electrons. The molecule has 3 rings (SSSR count). The number of hydrogen-bond donors (Lipinski definition) is 1. The highest BCUT2D eigenvalue weighted by molar-refractivity contribution is 9.10. The van der Waals surface area contributed by atoms with Gasteiger partial charge in [0.25, 0.3) is 5.91 Å². The van der Waals surface area contributed by atoms with Crippen LogP contribution < -0.4 is 5.32 Å². The Labute approximate surface area is 155 Å². The molecule has 25 heavy (non-hydrogen) atoms. The Morgan fingerprint density at radius 3 is 2.44 bits per heavy atom. The first-order valence-electron chi connectivity index (χ1n) is 8.49. The second-order valence-electron chi connectivity index (χ2n) is 7.02. The molecule has 2 aliphatic rings. The first-order chi connectivity index (χ1) is 11.8. The van der Waals surface area contributed by atoms with Crippen LogP contribution in [0.4, 0.5) is 4.79 Å². The van der Waals surface area contributed by atoms with Crippen molar-refractivity contribution in [3.05, 3.63) is 34.3 Å². The maximum atomic E-state index is 12.9. The van der Waals surface area contributed by atoms with Gasteiger partial charge in [-0.05, 0) is 43.4 Å². The van der Waals surface area contributed by atoms with E-state index in [0.717, 1.165) is 22.2 Å². The van der Waals surface area contributed by atoms with Crippen molar-refractivity contribution >= 4 is 33.8 Å². The lowest BCUT2D eigenvalue weighted by molar-refractivity contribution is -0.139. The Kier molecular flexibility index (Phi) is 4.86. The lowest BCUT2D eigenvalue weighted by atomic mass is 9.92. The number of nitrogens with zero attached hydrogens (tertiary/aromatic N) is 2. The molecule has 0 saturated carbocycles. The largest absolute Gasteiger partial charge is 0.341 e. The van der Waals surface area contributed by atoms with Crippen molar-refractivity contribution in [1.82, 2.24) is 15.1 Å². The minimum Gasteiger partial charge on any atom is -0.341 e. The molecule has 2 aliphatic heterocycles. The lowest BCUT2D eigenvalue weighted by Crippen LogP contribution is -2.46. The van der Waals surface area contributed by atoms with Crippen LogP contribution in [-0.4, -0.2) is 47.3 Å². The van der Waals surface area contributed by atoms with Crippen LogP contribution in [0.25, 0.3) is 0 Å². The highest BCUT2D eigenvalue weighted by Crippen LogP contribution is 2.29. The van der Waals surface area contributed by atoms with E-state index in [2.05, 4.69) is 28.2 Å². The van der Waals surface area contributed by atoms with E-state index in [1.807, 2.05) is 12.1 Å². The molecule has 0 aliphatic carbocycles. The fraction of sp³-hybridized carbons (Fsp3) is 0.500. The standard InChI is InChI=1S/C18H22BrN3O3/c1-12-7-9-21(10-8-12)15(23)11-22-16(24)18(2,20-17(22)25)13-3-5-14(19)6-4-13/h3-6,12H,7-11H2,1-2H3,(H,20,25). The Balaban J connectivity index is 1.73. The first kappa shape index (κ1) is 17.9. The smallest absolute Gasteiger partial charge is 0.325 e. The number of imide groups is 1. The van der Waals surface area contributed by atoms with Crippen LogP contribution in [0.15, 0.2) is 28.7 Å². The molecule has 0 spiro atoms. The molecular formula is C18H22BrN3O3. The highest BCUT2D eigenvalue weighted by Gasteiger charge is 2.49. The second-order valence-corrected chi connectivity index (χ2v) is 7.93. The zero-order valence-corrected chi connectivity index (χ0v) is 16.0. The molecule has 1 atom stereocenters. The molecule has 4 amide bonds. The minimum atomic E-state index is -1.14. The summed E-state index contributed by atoms with van der Waals surface area (Å²) in [6, 6.07) is 6.71. The molecule has 7 heteroatoms. The van der Waals surface area contributed by atoms with Gasteiger partial charge in [0.05, 0.1) is 0 Å². The van der Waals surface area contributed by atoms with Crippen molar-refractivity contribution in [1.29, 1.82) is 0 Å². The molecule has 6 nitrogen and oxygen atoms in total. The molecule has 1 aromatic rings. The predicted octanol–water partition coefficient (Wildman–Crippen LogP) is 2.47. The van der Waals surface area contributed by atoms with Gasteiger partial charge in [-0.15, -0.1) is 0 Å². The van der Waals surface area contributed by atoms with Gasteiger partial charge < -0.3 is 10.2 Å². The summed E-state index contributed by atoms with van der Waals surface area (Å²) in [6.45, 7) is 5.01. The zero-order chi connectivity index (χ0) is 18.2. The third kappa shape index (κ3) is 3.42. The maximum Gasteiger partial charge on any atom is 0.325 e. The highest BCUT2D eigenvalue weighted by atomic mass is 79.9. The first-order valence-corrected chi connectivity index (χ1v) is 9.28. The van der Waals surface area contributed by atoms with Crippen molar-refractivity contribution in [2.45, 2.75) is 32.2 Å². The van der Waals surface area contributed by atoms with E-state index in [4.69, 9.17) is 0 Å². The van der Waals surface area contributed by atoms with Gasteiger partial charge in [0, 0.05) is 17.6 Å². The fourth-order valence-electron chi connectivity index (χ4n) is 3.31. The van der Waals surface area contributed by atoms with Crippen LogP contribution in [-0.2, 0) is 15.1 Å². The number of carbonyl (C=O) groups is 3. The molecule has 0 bridgehead atoms. The summed E-state index contributed by atoms with van der Waals surface area (Å²) in [5.41, 5.74) is -0.454. The van der Waals surface area contributed by atoms with Gasteiger partial charge in [-0.2, -0.15) is 0 Å². The van der Waals surface area contributed by atoms with Crippen LogP contribution >= 0.6 is 15.9 Å². The Hall–Kier alpha value is -1.89. The number of halogens is 1. The number of benzene rings is 1. The van der Waals surface area contributed by atoms with Crippen LogP contribution in [0.2, 0.25) is 0 Å². The average molecular weight is 408 g/mol. The van der Waals surface area contributed by atoms with Crippen molar-refractivity contribution in [2.75, 3.05) is 19.6 Å². The average Bonchev–Trinajstić information content (AvgIpc) is 2.80. The number of likely N-dealkylation sites (tertiary alicyclic amines) is 1. The summed E-state index contributed by atoms with van der Waals surface area (Å²) in [5, 5.41) is 2.73. The summed E-state index contributed by atoms with van der Waals surface area (Å²) in [4.78, 5) is 40.4. The Morgan fingerprint density at radius 2 is 1.84 bits per heavy atom. The molecular weight excluding hydrogens is 386 g/mol. The maximum absolute atomic E-state index is 12.9. The SMILES string of the molecule is CC1CCN(C(=O)CN2C(=O)NC(C)(c3ccc(Br)cc3)C2=O)CC1. The molecule has 134 valence electrons. The fourth-order valence-corrected chi connectivity index (χ4v) is 3.58. The van der Waals surface area contributed by atoms with E-state index in [9.17, 15) is 14.4 Å². The van der Waals surface area contributed by atoms with E-state index in [1.165, 1.54) is 0 Å². The van der Waals surface area contributed by atoms with E-state index >= 15 is 0 Å². The zero-order valence-electron chi connectivity index (χ0n) is 14.4. The summed E-state index contributed by atoms with van der Waals surface area (Å²) in [7, 11) is 0. The number of nitrogens with one attached hydrogen (secondary N) is 1. The summed E-state index contributed by atoms with van der Waals surface area (Å²) < 4.78 is 0.892. The molecule has 2 heterocycles. The van der Waals surface area contributed by atoms with Gasteiger partial charge in [-0.1, -0.05) is 35.0 Å². The Morgan fingerprint density at radius 1 is 1.24 bits per heavy atom. The van der Waals surface area contributed by atoms with Crippen LogP contribution in [0, 0.1) is 5.92 Å². The third-order valence-corrected chi connectivity index (χ3v) is 5.65. The van der Waals surface area contributed by atoms with E-state index < -0.39 is 17.5 Å². The molecule has 1 aromatic carbocycles. The molecule has 0 aromatic heterocycles. The van der Waals surface area contributed by atoms with Crippen molar-refractivity contribution in [2.24, 2.45) is 5.92 Å². The van der Waals surface area contributed by atoms with Gasteiger partial charge in [0.15, 0.2) is 0 Å². The Bertz CT molecular complexity index is 698. The molecule has 2 fully saturated rings. The molecule has 1 N–H and O–H groups in total. The molecule has 2 saturated heterocycles. The minimum absolute atomic E-state index is 0.171. The quantitative estimate of drug-likeness (QED) is 0.782. The van der Waals surface area contributed by atoms with Gasteiger partial charge >= 0.3 is 6.03 Å². The van der Waals surface area contributed by atoms with Gasteiger partial charge in [-0.25, -0.2) is 4.79 Å². The number of hydrogen-bond acceptors (Lipinski definition) is 3. The molecule has 1 unspecified atom stereocenters. The normalized spacial score (nSPS) is 24.6. The number of carbonyl (C=O) groups excluding carboxylic acids is 3. The number of piperidine rings is 1.